The first kappa shape index (κ1) is 45.9. The second kappa shape index (κ2) is 17.4. The van der Waals surface area contributed by atoms with Gasteiger partial charge in [-0.15, -0.1) is 0 Å². The largest absolute Gasteiger partial charge is 0.455 e. The van der Waals surface area contributed by atoms with Gasteiger partial charge in [0.05, 0.1) is 39.3 Å². The number of furan rings is 2. The first-order valence-corrected chi connectivity index (χ1v) is 30.2. The van der Waals surface area contributed by atoms with E-state index < -0.39 is 0 Å². The van der Waals surface area contributed by atoms with Gasteiger partial charge in [0.2, 0.25) is 5.95 Å². The SMILES string of the molecule is c1ccc(-c2nc(-n3c4ccccc4c4cc(-c5cc6c7c(c5)Sc5cc(-c8cccc9c8oc8ccccc89)cc8c5N7c5c(cc(-c7ccc(-c9cccc%10c9oc9ccccc9%10)cc7)cc5S8)S6)ccc43)nc3ccccc23)cc1. The maximum absolute atomic E-state index is 6.71. The molecule has 16 aromatic rings. The summed E-state index contributed by atoms with van der Waals surface area (Å²) in [6.07, 6.45) is 0. The molecule has 0 atom stereocenters. The van der Waals surface area contributed by atoms with Crippen molar-refractivity contribution in [2.75, 3.05) is 4.90 Å². The van der Waals surface area contributed by atoms with E-state index in [1.165, 1.54) is 57.6 Å². The molecule has 3 aliphatic heterocycles. The lowest BCUT2D eigenvalue weighted by molar-refractivity contribution is 0.669. The normalized spacial score (nSPS) is 13.1. The number of fused-ring (bicyclic) bond motifs is 10. The molecule has 83 heavy (non-hydrogen) atoms. The molecule has 9 heteroatoms. The number of aromatic nitrogens is 3. The number of hydrogen-bond acceptors (Lipinski definition) is 8. The fourth-order valence-corrected chi connectivity index (χ4v) is 17.0. The summed E-state index contributed by atoms with van der Waals surface area (Å²) in [5.74, 6) is 0.648. The van der Waals surface area contributed by atoms with E-state index in [2.05, 4.69) is 234 Å². The maximum atomic E-state index is 6.71. The van der Waals surface area contributed by atoms with Gasteiger partial charge in [0, 0.05) is 83.8 Å². The fraction of sp³-hybridized carbons (Fsp3) is 0. The molecule has 3 aliphatic rings. The maximum Gasteiger partial charge on any atom is 0.235 e. The molecule has 386 valence electrons. The molecule has 0 saturated carbocycles. The van der Waals surface area contributed by atoms with Crippen LogP contribution >= 0.6 is 35.3 Å². The van der Waals surface area contributed by atoms with Gasteiger partial charge in [-0.2, -0.15) is 0 Å². The van der Waals surface area contributed by atoms with Crippen LogP contribution in [0.4, 0.5) is 17.1 Å². The van der Waals surface area contributed by atoms with E-state index in [0.29, 0.717) is 5.95 Å². The van der Waals surface area contributed by atoms with Gasteiger partial charge >= 0.3 is 0 Å². The molecule has 12 aromatic carbocycles. The summed E-state index contributed by atoms with van der Waals surface area (Å²) in [5, 5.41) is 7.84. The molecule has 0 fully saturated rings. The summed E-state index contributed by atoms with van der Waals surface area (Å²) >= 11 is 5.64. The Hall–Kier alpha value is -9.77. The van der Waals surface area contributed by atoms with Crippen molar-refractivity contribution in [3.63, 3.8) is 0 Å². The highest BCUT2D eigenvalue weighted by Crippen LogP contribution is 2.68. The number of nitrogens with zero attached hydrogens (tertiary/aromatic N) is 4. The third-order valence-corrected chi connectivity index (χ3v) is 20.1. The number of para-hydroxylation sites is 6. The Morgan fingerprint density at radius 1 is 0.301 bits per heavy atom. The Morgan fingerprint density at radius 3 is 1.40 bits per heavy atom. The monoisotopic (exact) mass is 1110 g/mol. The van der Waals surface area contributed by atoms with Crippen LogP contribution in [0.3, 0.4) is 0 Å². The van der Waals surface area contributed by atoms with Gasteiger partial charge in [-0.3, -0.25) is 4.57 Å². The predicted molar refractivity (Wildman–Crippen MR) is 343 cm³/mol. The van der Waals surface area contributed by atoms with Gasteiger partial charge in [-0.05, 0) is 106 Å². The van der Waals surface area contributed by atoms with Gasteiger partial charge in [-0.1, -0.05) is 205 Å². The molecule has 0 N–H and O–H groups in total. The van der Waals surface area contributed by atoms with E-state index in [1.54, 1.807) is 0 Å². The number of rotatable bonds is 6. The molecule has 0 bridgehead atoms. The minimum atomic E-state index is 0.648. The van der Waals surface area contributed by atoms with E-state index in [1.807, 2.05) is 53.5 Å². The van der Waals surface area contributed by atoms with Gasteiger partial charge in [0.15, 0.2) is 0 Å². The van der Waals surface area contributed by atoms with Crippen LogP contribution in [0, 0.1) is 0 Å². The second-order valence-corrected chi connectivity index (χ2v) is 24.8. The summed E-state index contributed by atoms with van der Waals surface area (Å²) in [5.41, 5.74) is 21.5. The van der Waals surface area contributed by atoms with E-state index in [-0.39, 0.29) is 0 Å². The molecule has 4 aromatic heterocycles. The smallest absolute Gasteiger partial charge is 0.235 e. The van der Waals surface area contributed by atoms with Gasteiger partial charge in [0.25, 0.3) is 0 Å². The Balaban J connectivity index is 0.776. The number of hydrogen-bond donors (Lipinski definition) is 0. The van der Waals surface area contributed by atoms with Crippen molar-refractivity contribution in [2.24, 2.45) is 0 Å². The molecular formula is C74H40N4O2S3. The van der Waals surface area contributed by atoms with Crippen molar-refractivity contribution in [3.05, 3.63) is 243 Å². The van der Waals surface area contributed by atoms with Crippen LogP contribution in [0.15, 0.2) is 281 Å². The third-order valence-electron chi connectivity index (χ3n) is 16.9. The first-order valence-electron chi connectivity index (χ1n) is 27.8. The second-order valence-electron chi connectivity index (χ2n) is 21.6. The van der Waals surface area contributed by atoms with E-state index in [9.17, 15) is 0 Å². The summed E-state index contributed by atoms with van der Waals surface area (Å²) in [6.45, 7) is 0. The lowest BCUT2D eigenvalue weighted by Gasteiger charge is -2.43. The van der Waals surface area contributed by atoms with E-state index >= 15 is 0 Å². The third kappa shape index (κ3) is 6.78. The van der Waals surface area contributed by atoms with Crippen LogP contribution in [0.1, 0.15) is 0 Å². The molecule has 0 radical (unpaired) electrons. The van der Waals surface area contributed by atoms with Gasteiger partial charge in [-0.25, -0.2) is 9.97 Å². The highest BCUT2D eigenvalue weighted by Gasteiger charge is 2.40. The highest BCUT2D eigenvalue weighted by molar-refractivity contribution is 8.01. The zero-order valence-electron chi connectivity index (χ0n) is 43.9. The van der Waals surface area contributed by atoms with E-state index in [0.717, 1.165) is 121 Å². The Labute approximate surface area is 487 Å². The van der Waals surface area contributed by atoms with Crippen LogP contribution in [0.5, 0.6) is 0 Å². The zero-order chi connectivity index (χ0) is 54.0. The molecule has 0 amide bonds. The predicted octanol–water partition coefficient (Wildman–Crippen LogP) is 21.7. The van der Waals surface area contributed by atoms with Crippen LogP contribution in [-0.4, -0.2) is 14.5 Å². The van der Waals surface area contributed by atoms with Crippen molar-refractivity contribution in [1.29, 1.82) is 0 Å². The molecule has 0 saturated heterocycles. The Kier molecular flexibility index (Phi) is 9.61. The molecule has 19 rings (SSSR count). The summed E-state index contributed by atoms with van der Waals surface area (Å²) < 4.78 is 15.4. The molecule has 6 nitrogen and oxygen atoms in total. The quantitative estimate of drug-likeness (QED) is 0.163. The van der Waals surface area contributed by atoms with Crippen molar-refractivity contribution in [3.8, 4) is 61.7 Å². The van der Waals surface area contributed by atoms with Crippen LogP contribution < -0.4 is 4.90 Å². The van der Waals surface area contributed by atoms with Crippen LogP contribution in [0.25, 0.3) is 138 Å². The van der Waals surface area contributed by atoms with Crippen molar-refractivity contribution < 1.29 is 8.83 Å². The zero-order valence-corrected chi connectivity index (χ0v) is 46.4. The minimum Gasteiger partial charge on any atom is -0.455 e. The topological polar surface area (TPSA) is 60.2 Å². The minimum absolute atomic E-state index is 0.648. The Bertz CT molecular complexity index is 5510. The molecule has 0 aliphatic carbocycles. The number of benzene rings is 12. The fourth-order valence-electron chi connectivity index (χ4n) is 13.2. The lowest BCUT2D eigenvalue weighted by atomic mass is 9.98. The number of anilines is 3. The summed E-state index contributed by atoms with van der Waals surface area (Å²) in [6, 6.07) is 87.5. The average molecular weight is 1110 g/mol. The average Bonchev–Trinajstić information content (AvgIpc) is 3.11. The van der Waals surface area contributed by atoms with Crippen LogP contribution in [0.2, 0.25) is 0 Å². The standard InChI is InChI=1S/C74H40N4O2S3/c1-2-14-43(15-3-1)68-55-19-4-8-24-57(55)75-74(76-68)77-58-25-9-5-16-50(58)56-34-44(32-33-59(56)77)46-37-64-70-65(38-46)83-67-40-47(49-21-13-23-54-52-18-7-11-27-61(52)80-73(49)54)39-66-71(67)78(70)69-62(81-64)35-45(36-63(69)82-66)41-28-30-42(31-29-41)48-20-12-22-53-51-17-6-10-26-60(51)79-72(48)53/h1-40H. The molecule has 0 unspecified atom stereocenters. The van der Waals surface area contributed by atoms with Gasteiger partial charge in [0.1, 0.15) is 22.3 Å². The molecule has 7 heterocycles. The van der Waals surface area contributed by atoms with Crippen LogP contribution in [-0.2, 0) is 0 Å². The first-order chi connectivity index (χ1) is 41.1. The lowest BCUT2D eigenvalue weighted by Crippen LogP contribution is -2.23. The van der Waals surface area contributed by atoms with E-state index in [4.69, 9.17) is 18.8 Å². The van der Waals surface area contributed by atoms with Crippen molar-refractivity contribution in [1.82, 2.24) is 14.5 Å². The summed E-state index contributed by atoms with van der Waals surface area (Å²) in [4.78, 5) is 20.6. The molecule has 0 spiro atoms. The van der Waals surface area contributed by atoms with Crippen molar-refractivity contribution in [2.45, 2.75) is 29.4 Å². The Morgan fingerprint density at radius 2 is 0.771 bits per heavy atom. The van der Waals surface area contributed by atoms with Crippen molar-refractivity contribution >= 4 is 129 Å². The highest BCUT2D eigenvalue weighted by atomic mass is 32.2. The summed E-state index contributed by atoms with van der Waals surface area (Å²) in [7, 11) is 0. The molecular weight excluding hydrogens is 1070 g/mol. The van der Waals surface area contributed by atoms with Gasteiger partial charge < -0.3 is 13.7 Å².